The van der Waals surface area contributed by atoms with Gasteiger partial charge in [0.2, 0.25) is 0 Å². The minimum atomic E-state index is -0.833. The Bertz CT molecular complexity index is 1210. The molecule has 1 aliphatic heterocycles. The molecule has 0 aromatic heterocycles. The summed E-state index contributed by atoms with van der Waals surface area (Å²) < 4.78 is 18.9. The first kappa shape index (κ1) is 27.3. The van der Waals surface area contributed by atoms with Crippen molar-refractivity contribution in [2.24, 2.45) is 4.99 Å². The molecule has 1 saturated heterocycles. The van der Waals surface area contributed by atoms with Gasteiger partial charge in [0.15, 0.2) is 16.7 Å². The molecule has 1 aliphatic rings. The van der Waals surface area contributed by atoms with E-state index in [4.69, 9.17) is 14.6 Å². The predicted octanol–water partition coefficient (Wildman–Crippen LogP) is 2.29. The van der Waals surface area contributed by atoms with Crippen LogP contribution in [0.4, 0.5) is 10.1 Å². The van der Waals surface area contributed by atoms with Crippen LogP contribution >= 0.6 is 11.8 Å². The Balaban J connectivity index is 0.000000758. The van der Waals surface area contributed by atoms with E-state index in [1.807, 2.05) is 36.4 Å². The molecule has 2 N–H and O–H groups in total. The number of nitrogens with one attached hydrogen (secondary N) is 1. The largest absolute Gasteiger partial charge is 1.00 e. The number of methoxy groups -OCH3 is 1. The fourth-order valence-electron chi connectivity index (χ4n) is 2.82. The van der Waals surface area contributed by atoms with Crippen LogP contribution in [0.2, 0.25) is 0 Å². The second kappa shape index (κ2) is 13.1. The zero-order valence-corrected chi connectivity index (χ0v) is 21.7. The van der Waals surface area contributed by atoms with Crippen molar-refractivity contribution in [3.8, 4) is 16.9 Å². The van der Waals surface area contributed by atoms with Gasteiger partial charge in [-0.2, -0.15) is 18.2 Å². The summed E-state index contributed by atoms with van der Waals surface area (Å²) in [6.07, 6.45) is 1.81. The van der Waals surface area contributed by atoms with Crippen molar-refractivity contribution in [3.05, 3.63) is 89.1 Å². The molecule has 0 atom stereocenters. The van der Waals surface area contributed by atoms with Gasteiger partial charge in [0.05, 0.1) is 12.0 Å². The Morgan fingerprint density at radius 3 is 2.32 bits per heavy atom. The van der Waals surface area contributed by atoms with Crippen molar-refractivity contribution in [1.82, 2.24) is 5.32 Å². The number of aliphatic imine (C=N–C) groups is 1. The van der Waals surface area contributed by atoms with Gasteiger partial charge in [-0.1, -0.05) is 30.3 Å². The quantitative estimate of drug-likeness (QED) is 0.336. The molecule has 9 heteroatoms. The Hall–Kier alpha value is -2.91. The predicted molar refractivity (Wildman–Crippen MR) is 128 cm³/mol. The van der Waals surface area contributed by atoms with Gasteiger partial charge in [0, 0.05) is 6.92 Å². The van der Waals surface area contributed by atoms with Gasteiger partial charge in [0.1, 0.15) is 0 Å². The van der Waals surface area contributed by atoms with E-state index in [2.05, 4.69) is 16.4 Å². The molecule has 3 aromatic carbocycles. The van der Waals surface area contributed by atoms with E-state index in [1.54, 1.807) is 30.3 Å². The standard InChI is InChI=1S/C23H16FN2O2S.C2H4O2.Na/c1-28-20-12-11-17(14-19(20)24)16-9-7-15(8-10-16)13-21-22(27)26-23(29-21)25-18-5-3-2-4-6-18;1-2(3)4;/h3-14H,1H3,(H,25,26,27);1H3,(H,3,4);/q-1;;+1/b21-13+;;. The van der Waals surface area contributed by atoms with Crippen molar-refractivity contribution in [2.75, 3.05) is 7.11 Å². The summed E-state index contributed by atoms with van der Waals surface area (Å²) in [5.74, 6) is -1.21. The third-order valence-electron chi connectivity index (χ3n) is 4.28. The van der Waals surface area contributed by atoms with Gasteiger partial charge in [-0.15, -0.1) is 12.1 Å². The summed E-state index contributed by atoms with van der Waals surface area (Å²) in [6.45, 7) is 1.08. The Morgan fingerprint density at radius 1 is 1.12 bits per heavy atom. The topological polar surface area (TPSA) is 88.0 Å². The van der Waals surface area contributed by atoms with Crippen LogP contribution in [-0.2, 0) is 9.59 Å². The van der Waals surface area contributed by atoms with E-state index in [9.17, 15) is 9.18 Å². The molecule has 4 rings (SSSR count). The van der Waals surface area contributed by atoms with E-state index in [1.165, 1.54) is 24.9 Å². The average molecular weight is 487 g/mol. The molecule has 168 valence electrons. The van der Waals surface area contributed by atoms with Crippen molar-refractivity contribution in [1.29, 1.82) is 0 Å². The van der Waals surface area contributed by atoms with Crippen LogP contribution < -0.4 is 39.6 Å². The van der Waals surface area contributed by atoms with Crippen molar-refractivity contribution >= 4 is 40.6 Å². The Kier molecular flexibility index (Phi) is 10.5. The maximum Gasteiger partial charge on any atom is 1.00 e. The Morgan fingerprint density at radius 2 is 1.74 bits per heavy atom. The molecule has 1 fully saturated rings. The molecule has 0 unspecified atom stereocenters. The summed E-state index contributed by atoms with van der Waals surface area (Å²) in [6, 6.07) is 22.5. The summed E-state index contributed by atoms with van der Waals surface area (Å²) in [5.41, 5.74) is 3.25. The number of thioether (sulfide) groups is 1. The third kappa shape index (κ3) is 7.85. The number of ether oxygens (including phenoxy) is 1. The zero-order chi connectivity index (χ0) is 23.8. The number of hydrogen-bond donors (Lipinski definition) is 2. The number of carbonyl (C=O) groups is 2. The normalized spacial score (nSPS) is 14.6. The van der Waals surface area contributed by atoms with E-state index < -0.39 is 11.8 Å². The number of carboxylic acid groups (broad SMARTS) is 1. The molecule has 0 aliphatic carbocycles. The van der Waals surface area contributed by atoms with Gasteiger partial charge in [-0.05, 0) is 52.3 Å². The van der Waals surface area contributed by atoms with Gasteiger partial charge in [0.25, 0.3) is 11.9 Å². The van der Waals surface area contributed by atoms with Gasteiger partial charge in [-0.25, -0.2) is 4.39 Å². The molecule has 6 nitrogen and oxygen atoms in total. The maximum atomic E-state index is 13.9. The van der Waals surface area contributed by atoms with Crippen LogP contribution in [0.15, 0.2) is 76.6 Å². The molecule has 3 aromatic rings. The first-order chi connectivity index (χ1) is 15.9. The van der Waals surface area contributed by atoms with Crippen molar-refractivity contribution in [3.63, 3.8) is 0 Å². The second-order valence-corrected chi connectivity index (χ2v) is 7.76. The summed E-state index contributed by atoms with van der Waals surface area (Å²) in [5, 5.41) is 10.7. The number of amides is 1. The van der Waals surface area contributed by atoms with Crippen LogP contribution in [0.25, 0.3) is 17.2 Å². The molecule has 0 bridgehead atoms. The first-order valence-electron chi connectivity index (χ1n) is 9.75. The van der Waals surface area contributed by atoms with E-state index in [0.717, 1.165) is 29.3 Å². The minimum absolute atomic E-state index is 0. The van der Waals surface area contributed by atoms with Crippen molar-refractivity contribution < 1.29 is 53.4 Å². The molecular formula is C25H20FN2NaO4S. The number of carbonyl (C=O) groups excluding carboxylic acids is 1. The van der Waals surface area contributed by atoms with Crippen LogP contribution in [0.1, 0.15) is 12.5 Å². The number of benzene rings is 3. The molecular weight excluding hydrogens is 466 g/mol. The van der Waals surface area contributed by atoms with Gasteiger partial charge < -0.3 is 15.2 Å². The smallest absolute Gasteiger partial charge is 0.494 e. The van der Waals surface area contributed by atoms with Crippen LogP contribution in [-0.4, -0.2) is 29.3 Å². The molecule has 0 spiro atoms. The fourth-order valence-corrected chi connectivity index (χ4v) is 3.66. The summed E-state index contributed by atoms with van der Waals surface area (Å²) in [7, 11) is 1.44. The average Bonchev–Trinajstić information content (AvgIpc) is 3.13. The second-order valence-electron chi connectivity index (χ2n) is 6.73. The van der Waals surface area contributed by atoms with Gasteiger partial charge >= 0.3 is 29.6 Å². The summed E-state index contributed by atoms with van der Waals surface area (Å²) >= 11 is 1.29. The van der Waals surface area contributed by atoms with Crippen LogP contribution in [0, 0.1) is 11.9 Å². The van der Waals surface area contributed by atoms with E-state index in [-0.39, 0.29) is 41.2 Å². The fraction of sp³-hybridized carbons (Fsp3) is 0.0800. The van der Waals surface area contributed by atoms with E-state index >= 15 is 0 Å². The molecule has 34 heavy (non-hydrogen) atoms. The molecule has 0 radical (unpaired) electrons. The third-order valence-corrected chi connectivity index (χ3v) is 5.19. The number of aliphatic carboxylic acids is 1. The van der Waals surface area contributed by atoms with E-state index in [0.29, 0.717) is 10.1 Å². The van der Waals surface area contributed by atoms with Crippen molar-refractivity contribution in [2.45, 2.75) is 6.92 Å². The number of halogens is 1. The number of rotatable bonds is 4. The number of hydrogen-bond acceptors (Lipinski definition) is 5. The zero-order valence-electron chi connectivity index (χ0n) is 18.8. The van der Waals surface area contributed by atoms with Crippen LogP contribution in [0.5, 0.6) is 5.75 Å². The first-order valence-corrected chi connectivity index (χ1v) is 10.6. The number of amidine groups is 1. The monoisotopic (exact) mass is 486 g/mol. The van der Waals surface area contributed by atoms with Gasteiger partial charge in [-0.3, -0.25) is 14.6 Å². The molecule has 0 saturated carbocycles. The van der Waals surface area contributed by atoms with Crippen LogP contribution in [0.3, 0.4) is 0 Å². The number of carboxylic acids is 1. The molecule has 1 amide bonds. The number of nitrogens with zero attached hydrogens (tertiary/aromatic N) is 1. The Labute approximate surface area is 223 Å². The SMILES string of the molecule is CC(=O)O.COc1ccc(-c2ccc(/C=C3/SC(=Nc4cc[c-]cc4)NC3=O)cc2)cc1F.[Na+]. The minimum Gasteiger partial charge on any atom is -0.494 e. The maximum absolute atomic E-state index is 13.9. The molecule has 1 heterocycles. The summed E-state index contributed by atoms with van der Waals surface area (Å²) in [4.78, 5) is 26.2.